The van der Waals surface area contributed by atoms with E-state index in [0.717, 1.165) is 12.7 Å². The first-order valence-electron chi connectivity index (χ1n) is 4.40. The molecule has 0 saturated heterocycles. The maximum Gasteiger partial charge on any atom is 0.120 e. The predicted octanol–water partition coefficient (Wildman–Crippen LogP) is 2.38. The van der Waals surface area contributed by atoms with Crippen LogP contribution in [0.15, 0.2) is 30.3 Å². The molecule has 1 aromatic rings. The Morgan fingerprint density at radius 3 is 2.75 bits per heavy atom. The Hall–Kier alpha value is -1.11. The van der Waals surface area contributed by atoms with Gasteiger partial charge in [-0.2, -0.15) is 0 Å². The van der Waals surface area contributed by atoms with E-state index >= 15 is 0 Å². The van der Waals surface area contributed by atoms with Crippen LogP contribution in [0.4, 0.5) is 0 Å². The molecule has 0 bridgehead atoms. The second-order valence-corrected chi connectivity index (χ2v) is 3.42. The molecule has 0 aliphatic heterocycles. The summed E-state index contributed by atoms with van der Waals surface area (Å²) in [5.41, 5.74) is 1.39. The van der Waals surface area contributed by atoms with Crippen molar-refractivity contribution in [1.29, 1.82) is 0 Å². The first kappa shape index (κ1) is 7.53. The Labute approximate surface area is 72.4 Å². The summed E-state index contributed by atoms with van der Waals surface area (Å²) >= 11 is 0. The lowest BCUT2D eigenvalue weighted by Crippen LogP contribution is -1.83. The van der Waals surface area contributed by atoms with Gasteiger partial charge < -0.3 is 4.79 Å². The largest absolute Gasteiger partial charge is 0.303 e. The van der Waals surface area contributed by atoms with Crippen LogP contribution in [0.2, 0.25) is 0 Å². The maximum atomic E-state index is 10.2. The average molecular weight is 160 g/mol. The minimum absolute atomic E-state index is 0.630. The van der Waals surface area contributed by atoms with Crippen LogP contribution < -0.4 is 0 Å². The normalized spacial score (nSPS) is 26.7. The highest BCUT2D eigenvalue weighted by Gasteiger charge is 2.37. The summed E-state index contributed by atoms with van der Waals surface area (Å²) < 4.78 is 0. The SMILES string of the molecule is O=CC[C@@H]1C[C@H]1c1ccccc1. The van der Waals surface area contributed by atoms with Gasteiger partial charge in [0, 0.05) is 6.42 Å². The Morgan fingerprint density at radius 2 is 2.08 bits per heavy atom. The van der Waals surface area contributed by atoms with Gasteiger partial charge in [-0.05, 0) is 23.8 Å². The highest BCUT2D eigenvalue weighted by molar-refractivity contribution is 5.51. The summed E-state index contributed by atoms with van der Waals surface area (Å²) in [4.78, 5) is 10.2. The molecule has 2 rings (SSSR count). The second kappa shape index (κ2) is 3.10. The summed E-state index contributed by atoms with van der Waals surface area (Å²) in [6.45, 7) is 0. The van der Waals surface area contributed by atoms with E-state index in [1.165, 1.54) is 12.0 Å². The molecule has 1 aliphatic rings. The third kappa shape index (κ3) is 1.40. The lowest BCUT2D eigenvalue weighted by molar-refractivity contribution is -0.108. The van der Waals surface area contributed by atoms with Crippen molar-refractivity contribution in [3.8, 4) is 0 Å². The van der Waals surface area contributed by atoms with E-state index in [4.69, 9.17) is 0 Å². The van der Waals surface area contributed by atoms with Gasteiger partial charge in [-0.3, -0.25) is 0 Å². The number of rotatable bonds is 3. The third-order valence-corrected chi connectivity index (χ3v) is 2.55. The molecule has 1 aromatic carbocycles. The fraction of sp³-hybridized carbons (Fsp3) is 0.364. The molecule has 0 unspecified atom stereocenters. The van der Waals surface area contributed by atoms with Crippen molar-refractivity contribution in [1.82, 2.24) is 0 Å². The van der Waals surface area contributed by atoms with E-state index < -0.39 is 0 Å². The summed E-state index contributed by atoms with van der Waals surface area (Å²) in [7, 11) is 0. The van der Waals surface area contributed by atoms with Crippen LogP contribution in [-0.2, 0) is 4.79 Å². The summed E-state index contributed by atoms with van der Waals surface area (Å²) in [6.07, 6.45) is 2.97. The molecule has 0 aromatic heterocycles. The molecule has 0 N–H and O–H groups in total. The molecule has 1 nitrogen and oxygen atoms in total. The molecule has 12 heavy (non-hydrogen) atoms. The highest BCUT2D eigenvalue weighted by atomic mass is 16.1. The first-order valence-corrected chi connectivity index (χ1v) is 4.40. The zero-order valence-electron chi connectivity index (χ0n) is 6.94. The molecule has 0 amide bonds. The van der Waals surface area contributed by atoms with Crippen molar-refractivity contribution in [3.63, 3.8) is 0 Å². The van der Waals surface area contributed by atoms with Crippen molar-refractivity contribution in [2.75, 3.05) is 0 Å². The van der Waals surface area contributed by atoms with Crippen molar-refractivity contribution < 1.29 is 4.79 Å². The number of hydrogen-bond donors (Lipinski definition) is 0. The van der Waals surface area contributed by atoms with Gasteiger partial charge in [-0.25, -0.2) is 0 Å². The monoisotopic (exact) mass is 160 g/mol. The molecule has 0 heterocycles. The number of benzene rings is 1. The van der Waals surface area contributed by atoms with E-state index in [2.05, 4.69) is 24.3 Å². The summed E-state index contributed by atoms with van der Waals surface area (Å²) in [5, 5.41) is 0. The summed E-state index contributed by atoms with van der Waals surface area (Å²) in [5.74, 6) is 1.29. The molecular weight excluding hydrogens is 148 g/mol. The smallest absolute Gasteiger partial charge is 0.120 e. The van der Waals surface area contributed by atoms with Crippen LogP contribution in [0.25, 0.3) is 0 Å². The number of carbonyl (C=O) groups excluding carboxylic acids is 1. The Balaban J connectivity index is 2.01. The van der Waals surface area contributed by atoms with Gasteiger partial charge in [-0.15, -0.1) is 0 Å². The van der Waals surface area contributed by atoms with E-state index in [-0.39, 0.29) is 0 Å². The first-order chi connectivity index (χ1) is 5.92. The van der Waals surface area contributed by atoms with Gasteiger partial charge >= 0.3 is 0 Å². The molecule has 2 atom stereocenters. The van der Waals surface area contributed by atoms with Gasteiger partial charge in [-0.1, -0.05) is 30.3 Å². The molecule has 0 radical (unpaired) electrons. The van der Waals surface area contributed by atoms with Crippen LogP contribution in [0.3, 0.4) is 0 Å². The third-order valence-electron chi connectivity index (χ3n) is 2.55. The van der Waals surface area contributed by atoms with Crippen molar-refractivity contribution >= 4 is 6.29 Å². The van der Waals surface area contributed by atoms with E-state index in [0.29, 0.717) is 11.8 Å². The highest BCUT2D eigenvalue weighted by Crippen LogP contribution is 2.48. The topological polar surface area (TPSA) is 17.1 Å². The molecule has 1 heteroatoms. The van der Waals surface area contributed by atoms with Crippen LogP contribution in [0, 0.1) is 5.92 Å². The fourth-order valence-corrected chi connectivity index (χ4v) is 1.74. The molecule has 1 saturated carbocycles. The molecule has 1 aliphatic carbocycles. The second-order valence-electron chi connectivity index (χ2n) is 3.42. The van der Waals surface area contributed by atoms with Crippen LogP contribution in [0.1, 0.15) is 24.3 Å². The van der Waals surface area contributed by atoms with Gasteiger partial charge in [0.25, 0.3) is 0 Å². The van der Waals surface area contributed by atoms with Gasteiger partial charge in [0.2, 0.25) is 0 Å². The quantitative estimate of drug-likeness (QED) is 0.620. The number of aldehydes is 1. The molecule has 0 spiro atoms. The van der Waals surface area contributed by atoms with E-state index in [1.54, 1.807) is 0 Å². The predicted molar refractivity (Wildman–Crippen MR) is 48.0 cm³/mol. The average Bonchev–Trinajstić information content (AvgIpc) is 2.87. The minimum atomic E-state index is 0.630. The van der Waals surface area contributed by atoms with Crippen LogP contribution in [-0.4, -0.2) is 6.29 Å². The lowest BCUT2D eigenvalue weighted by Gasteiger charge is -1.96. The fourth-order valence-electron chi connectivity index (χ4n) is 1.74. The summed E-state index contributed by atoms with van der Waals surface area (Å²) in [6, 6.07) is 10.4. The maximum absolute atomic E-state index is 10.2. The lowest BCUT2D eigenvalue weighted by atomic mass is 10.1. The van der Waals surface area contributed by atoms with Crippen molar-refractivity contribution in [2.45, 2.75) is 18.8 Å². The zero-order valence-corrected chi connectivity index (χ0v) is 6.94. The zero-order chi connectivity index (χ0) is 8.39. The van der Waals surface area contributed by atoms with Crippen molar-refractivity contribution in [2.24, 2.45) is 5.92 Å². The van der Waals surface area contributed by atoms with Gasteiger partial charge in [0.05, 0.1) is 0 Å². The van der Waals surface area contributed by atoms with Crippen LogP contribution >= 0.6 is 0 Å². The minimum Gasteiger partial charge on any atom is -0.303 e. The Bertz CT molecular complexity index is 266. The Kier molecular flexibility index (Phi) is 1.94. The molecule has 1 fully saturated rings. The number of hydrogen-bond acceptors (Lipinski definition) is 1. The van der Waals surface area contributed by atoms with E-state index in [1.807, 2.05) is 6.07 Å². The molecule has 62 valence electrons. The standard InChI is InChI=1S/C11H12O/c12-7-6-10-8-11(10)9-4-2-1-3-5-9/h1-5,7,10-11H,6,8H2/t10-,11+/m1/s1. The van der Waals surface area contributed by atoms with Gasteiger partial charge in [0.15, 0.2) is 0 Å². The van der Waals surface area contributed by atoms with Crippen LogP contribution in [0.5, 0.6) is 0 Å². The Morgan fingerprint density at radius 1 is 1.33 bits per heavy atom. The molecular formula is C11H12O. The van der Waals surface area contributed by atoms with Gasteiger partial charge in [0.1, 0.15) is 6.29 Å². The van der Waals surface area contributed by atoms with Crippen molar-refractivity contribution in [3.05, 3.63) is 35.9 Å². The number of carbonyl (C=O) groups is 1. The van der Waals surface area contributed by atoms with E-state index in [9.17, 15) is 4.79 Å².